The number of nitrogens with one attached hydrogen (secondary N) is 2. The van der Waals surface area contributed by atoms with Crippen molar-refractivity contribution in [2.45, 2.75) is 36.7 Å². The Morgan fingerprint density at radius 1 is 1.43 bits per heavy atom. The van der Waals surface area contributed by atoms with E-state index in [4.69, 9.17) is 5.73 Å². The van der Waals surface area contributed by atoms with Crippen molar-refractivity contribution in [3.63, 3.8) is 0 Å². The molecule has 8 heteroatoms. The van der Waals surface area contributed by atoms with Crippen molar-refractivity contribution in [3.05, 3.63) is 28.2 Å². The lowest BCUT2D eigenvalue weighted by atomic mass is 10.0. The highest BCUT2D eigenvalue weighted by Gasteiger charge is 2.25. The number of amides is 1. The lowest BCUT2D eigenvalue weighted by Gasteiger charge is -2.28. The van der Waals surface area contributed by atoms with Gasteiger partial charge < -0.3 is 11.1 Å². The van der Waals surface area contributed by atoms with Crippen LogP contribution < -0.4 is 15.8 Å². The number of carbonyl (C=O) groups is 1. The van der Waals surface area contributed by atoms with E-state index in [1.54, 1.807) is 0 Å². The molecule has 1 heterocycles. The maximum atomic E-state index is 12.4. The summed E-state index contributed by atoms with van der Waals surface area (Å²) in [6.45, 7) is 2.80. The van der Waals surface area contributed by atoms with Crippen molar-refractivity contribution < 1.29 is 13.2 Å². The minimum Gasteiger partial charge on any atom is -0.366 e. The van der Waals surface area contributed by atoms with Gasteiger partial charge in [0.05, 0.1) is 4.90 Å². The van der Waals surface area contributed by atoms with Crippen LogP contribution in [0.5, 0.6) is 0 Å². The first-order valence-corrected chi connectivity index (χ1v) is 8.91. The van der Waals surface area contributed by atoms with Crippen LogP contribution in [0.2, 0.25) is 0 Å². The van der Waals surface area contributed by atoms with E-state index < -0.39 is 15.9 Å². The molecule has 21 heavy (non-hydrogen) atoms. The summed E-state index contributed by atoms with van der Waals surface area (Å²) >= 11 is 3.20. The third kappa shape index (κ3) is 4.26. The molecule has 0 spiro atoms. The van der Waals surface area contributed by atoms with Gasteiger partial charge in [-0.25, -0.2) is 13.1 Å². The second kappa shape index (κ2) is 6.43. The monoisotopic (exact) mass is 375 g/mol. The van der Waals surface area contributed by atoms with E-state index >= 15 is 0 Å². The second-order valence-electron chi connectivity index (χ2n) is 5.24. The zero-order valence-corrected chi connectivity index (χ0v) is 14.0. The largest absolute Gasteiger partial charge is 0.366 e. The topological polar surface area (TPSA) is 101 Å². The van der Waals surface area contributed by atoms with Gasteiger partial charge in [0.2, 0.25) is 15.9 Å². The summed E-state index contributed by atoms with van der Waals surface area (Å²) in [5.41, 5.74) is 5.37. The molecular formula is C13H18BrN3O3S. The van der Waals surface area contributed by atoms with Gasteiger partial charge in [-0.15, -0.1) is 0 Å². The van der Waals surface area contributed by atoms with Gasteiger partial charge in [-0.05, 0) is 44.5 Å². The second-order valence-corrected chi connectivity index (χ2v) is 7.87. The van der Waals surface area contributed by atoms with Crippen molar-refractivity contribution in [3.8, 4) is 0 Å². The average molecular weight is 376 g/mol. The first kappa shape index (κ1) is 16.4. The van der Waals surface area contributed by atoms with Crippen LogP contribution in [-0.2, 0) is 10.0 Å². The lowest BCUT2D eigenvalue weighted by Crippen LogP contribution is -2.46. The molecule has 1 aliphatic rings. The molecule has 1 fully saturated rings. The minimum absolute atomic E-state index is 0.0388. The third-order valence-electron chi connectivity index (χ3n) is 3.41. The maximum Gasteiger partial charge on any atom is 0.248 e. The summed E-state index contributed by atoms with van der Waals surface area (Å²) in [5.74, 6) is -0.664. The number of sulfonamides is 1. The molecule has 0 bridgehead atoms. The third-order valence-corrected chi connectivity index (χ3v) is 5.37. The highest BCUT2D eigenvalue weighted by molar-refractivity contribution is 9.10. The number of nitrogens with two attached hydrogens (primary N) is 1. The molecule has 1 aromatic carbocycles. The quantitative estimate of drug-likeness (QED) is 0.729. The fraction of sp³-hybridized carbons (Fsp3) is 0.462. The highest BCUT2D eigenvalue weighted by atomic mass is 79.9. The molecule has 1 saturated heterocycles. The number of hydrogen-bond acceptors (Lipinski definition) is 4. The van der Waals surface area contributed by atoms with Crippen LogP contribution in [0.15, 0.2) is 27.6 Å². The highest BCUT2D eigenvalue weighted by Crippen LogP contribution is 2.21. The minimum atomic E-state index is -3.68. The van der Waals surface area contributed by atoms with Gasteiger partial charge in [-0.1, -0.05) is 15.9 Å². The van der Waals surface area contributed by atoms with Crippen LogP contribution in [0.3, 0.4) is 0 Å². The van der Waals surface area contributed by atoms with Gasteiger partial charge in [0.25, 0.3) is 0 Å². The first-order chi connectivity index (χ1) is 9.78. The predicted octanol–water partition coefficient (Wildman–Crippen LogP) is 0.967. The Labute approximate surface area is 132 Å². The summed E-state index contributed by atoms with van der Waals surface area (Å²) in [7, 11) is -3.68. The lowest BCUT2D eigenvalue weighted by molar-refractivity contribution is 0.1000. The molecule has 2 unspecified atom stereocenters. The smallest absolute Gasteiger partial charge is 0.248 e. The number of hydrogen-bond donors (Lipinski definition) is 3. The van der Waals surface area contributed by atoms with Crippen molar-refractivity contribution >= 4 is 31.9 Å². The Bertz CT molecular complexity index is 648. The standard InChI is InChI=1S/C13H18BrN3O3S/c1-8-4-11(2-3-16-8)17-21(19,20)12-6-9(13(15)18)5-10(14)7-12/h5-8,11,16-17H,2-4H2,1H3,(H2,15,18). The summed E-state index contributed by atoms with van der Waals surface area (Å²) < 4.78 is 28.1. The van der Waals surface area contributed by atoms with Crippen molar-refractivity contribution in [2.24, 2.45) is 5.73 Å². The zero-order chi connectivity index (χ0) is 15.6. The Morgan fingerprint density at radius 2 is 2.14 bits per heavy atom. The summed E-state index contributed by atoms with van der Waals surface area (Å²) in [4.78, 5) is 11.3. The molecule has 0 aliphatic carbocycles. The normalized spacial score (nSPS) is 23.0. The van der Waals surface area contributed by atoms with E-state index in [-0.39, 0.29) is 22.5 Å². The van der Waals surface area contributed by atoms with Crippen LogP contribution >= 0.6 is 15.9 Å². The van der Waals surface area contributed by atoms with E-state index in [9.17, 15) is 13.2 Å². The fourth-order valence-corrected chi connectivity index (χ4v) is 4.38. The van der Waals surface area contributed by atoms with Crippen LogP contribution in [-0.4, -0.2) is 33.0 Å². The van der Waals surface area contributed by atoms with Gasteiger partial charge in [-0.3, -0.25) is 4.79 Å². The molecule has 2 atom stereocenters. The van der Waals surface area contributed by atoms with E-state index in [0.717, 1.165) is 19.4 Å². The summed E-state index contributed by atoms with van der Waals surface area (Å²) in [5, 5.41) is 3.27. The summed E-state index contributed by atoms with van der Waals surface area (Å²) in [6, 6.07) is 4.41. The molecule has 1 amide bonds. The van der Waals surface area contributed by atoms with Crippen molar-refractivity contribution in [2.75, 3.05) is 6.54 Å². The molecule has 2 rings (SSSR count). The molecule has 116 valence electrons. The van der Waals surface area contributed by atoms with Crippen LogP contribution in [0.1, 0.15) is 30.1 Å². The van der Waals surface area contributed by atoms with Crippen molar-refractivity contribution in [1.29, 1.82) is 0 Å². The number of primary amides is 1. The molecule has 0 aromatic heterocycles. The maximum absolute atomic E-state index is 12.4. The Morgan fingerprint density at radius 3 is 2.76 bits per heavy atom. The average Bonchev–Trinajstić information content (AvgIpc) is 2.37. The zero-order valence-electron chi connectivity index (χ0n) is 11.6. The SMILES string of the molecule is CC1CC(NS(=O)(=O)c2cc(Br)cc(C(N)=O)c2)CCN1. The Kier molecular flexibility index (Phi) is 5.03. The number of benzene rings is 1. The van der Waals surface area contributed by atoms with Crippen LogP contribution in [0, 0.1) is 0 Å². The number of halogens is 1. The number of piperidine rings is 1. The summed E-state index contributed by atoms with van der Waals surface area (Å²) in [6.07, 6.45) is 1.47. The van der Waals surface area contributed by atoms with Gasteiger partial charge in [0.1, 0.15) is 0 Å². The van der Waals surface area contributed by atoms with Crippen molar-refractivity contribution in [1.82, 2.24) is 10.0 Å². The molecule has 4 N–H and O–H groups in total. The fourth-order valence-electron chi connectivity index (χ4n) is 2.39. The van der Waals surface area contributed by atoms with Gasteiger partial charge in [0.15, 0.2) is 0 Å². The van der Waals surface area contributed by atoms with Gasteiger partial charge in [0, 0.05) is 22.1 Å². The number of rotatable bonds is 4. The predicted molar refractivity (Wildman–Crippen MR) is 83.5 cm³/mol. The van der Waals surface area contributed by atoms with E-state index in [1.807, 2.05) is 6.92 Å². The van der Waals surface area contributed by atoms with Gasteiger partial charge >= 0.3 is 0 Å². The number of carbonyl (C=O) groups excluding carboxylic acids is 1. The van der Waals surface area contributed by atoms with E-state index in [0.29, 0.717) is 4.47 Å². The van der Waals surface area contributed by atoms with Crippen LogP contribution in [0.4, 0.5) is 0 Å². The molecular weight excluding hydrogens is 358 g/mol. The molecule has 1 aliphatic heterocycles. The Hall–Kier alpha value is -0.960. The Balaban J connectivity index is 2.25. The van der Waals surface area contributed by atoms with E-state index in [2.05, 4.69) is 26.0 Å². The van der Waals surface area contributed by atoms with E-state index in [1.165, 1.54) is 18.2 Å². The first-order valence-electron chi connectivity index (χ1n) is 6.64. The van der Waals surface area contributed by atoms with Crippen LogP contribution in [0.25, 0.3) is 0 Å². The molecule has 0 saturated carbocycles. The molecule has 0 radical (unpaired) electrons. The molecule has 1 aromatic rings. The van der Waals surface area contributed by atoms with Gasteiger partial charge in [-0.2, -0.15) is 0 Å². The molecule has 6 nitrogen and oxygen atoms in total.